The van der Waals surface area contributed by atoms with E-state index in [4.69, 9.17) is 16.3 Å². The quantitative estimate of drug-likeness (QED) is 0.686. The second-order valence-corrected chi connectivity index (χ2v) is 4.21. The zero-order chi connectivity index (χ0) is 15.4. The number of ether oxygens (including phenoxy) is 1. The summed E-state index contributed by atoms with van der Waals surface area (Å²) in [4.78, 5) is 29.9. The lowest BCUT2D eigenvalue weighted by molar-refractivity contribution is -0.384. The van der Waals surface area contributed by atoms with Gasteiger partial charge in [0.1, 0.15) is 10.9 Å². The summed E-state index contributed by atoms with van der Waals surface area (Å²) in [6.07, 6.45) is 2.57. The molecule has 0 unspecified atom stereocenters. The van der Waals surface area contributed by atoms with Crippen LogP contribution in [0, 0.1) is 10.1 Å². The van der Waals surface area contributed by atoms with E-state index in [0.29, 0.717) is 0 Å². The molecule has 0 atom stereocenters. The summed E-state index contributed by atoms with van der Waals surface area (Å²) in [7, 11) is 1.32. The van der Waals surface area contributed by atoms with Crippen molar-refractivity contribution in [3.05, 3.63) is 51.4 Å². The maximum atomic E-state index is 12.1. The standard InChI is InChI=1S/C12H9ClN4O4/c1-21-9-4-7(17(19)20)2-3-8(9)12(18)16-11-6-14-10(13)5-15-11/h2-6H,1H3,(H,15,16,18). The Bertz CT molecular complexity index is 690. The van der Waals surface area contributed by atoms with Crippen LogP contribution in [-0.4, -0.2) is 27.9 Å². The van der Waals surface area contributed by atoms with Gasteiger partial charge in [-0.15, -0.1) is 0 Å². The molecule has 21 heavy (non-hydrogen) atoms. The van der Waals surface area contributed by atoms with Gasteiger partial charge in [0, 0.05) is 6.07 Å². The molecule has 1 aromatic carbocycles. The van der Waals surface area contributed by atoms with E-state index in [-0.39, 0.29) is 28.0 Å². The minimum absolute atomic E-state index is 0.0867. The number of hydrogen-bond acceptors (Lipinski definition) is 6. The number of benzene rings is 1. The van der Waals surface area contributed by atoms with Crippen LogP contribution in [0.5, 0.6) is 5.75 Å². The van der Waals surface area contributed by atoms with Crippen molar-refractivity contribution in [3.63, 3.8) is 0 Å². The van der Waals surface area contributed by atoms with Gasteiger partial charge in [-0.2, -0.15) is 0 Å². The maximum Gasteiger partial charge on any atom is 0.273 e. The van der Waals surface area contributed by atoms with Crippen molar-refractivity contribution >= 4 is 29.0 Å². The normalized spacial score (nSPS) is 10.0. The lowest BCUT2D eigenvalue weighted by Crippen LogP contribution is -2.14. The van der Waals surface area contributed by atoms with Gasteiger partial charge in [-0.3, -0.25) is 14.9 Å². The van der Waals surface area contributed by atoms with E-state index in [0.717, 1.165) is 0 Å². The SMILES string of the molecule is COc1cc([N+](=O)[O-])ccc1C(=O)Nc1cnc(Cl)cn1. The Morgan fingerprint density at radius 1 is 1.38 bits per heavy atom. The summed E-state index contributed by atoms with van der Waals surface area (Å²) in [5, 5.41) is 13.4. The predicted octanol–water partition coefficient (Wildman–Crippen LogP) is 2.30. The number of carbonyl (C=O) groups is 1. The predicted molar refractivity (Wildman–Crippen MR) is 74.6 cm³/mol. The third kappa shape index (κ3) is 3.42. The van der Waals surface area contributed by atoms with Crippen molar-refractivity contribution in [3.8, 4) is 5.75 Å². The van der Waals surface area contributed by atoms with Crippen molar-refractivity contribution in [2.24, 2.45) is 0 Å². The molecule has 0 aliphatic rings. The molecule has 108 valence electrons. The van der Waals surface area contributed by atoms with Crippen molar-refractivity contribution in [1.29, 1.82) is 0 Å². The highest BCUT2D eigenvalue weighted by Crippen LogP contribution is 2.25. The molecule has 2 aromatic rings. The van der Waals surface area contributed by atoms with E-state index >= 15 is 0 Å². The van der Waals surface area contributed by atoms with Gasteiger partial charge in [0.2, 0.25) is 0 Å². The summed E-state index contributed by atoms with van der Waals surface area (Å²) < 4.78 is 4.99. The van der Waals surface area contributed by atoms with Crippen molar-refractivity contribution < 1.29 is 14.5 Å². The summed E-state index contributed by atoms with van der Waals surface area (Å²) in [5.74, 6) is -0.244. The fourth-order valence-corrected chi connectivity index (χ4v) is 1.64. The van der Waals surface area contributed by atoms with E-state index in [1.54, 1.807) is 0 Å². The third-order valence-electron chi connectivity index (χ3n) is 2.50. The number of aromatic nitrogens is 2. The average molecular weight is 309 g/mol. The number of nitro benzene ring substituents is 1. The maximum absolute atomic E-state index is 12.1. The van der Waals surface area contributed by atoms with Gasteiger partial charge in [-0.1, -0.05) is 11.6 Å². The average Bonchev–Trinajstić information content (AvgIpc) is 2.48. The highest BCUT2D eigenvalue weighted by molar-refractivity contribution is 6.29. The van der Waals surface area contributed by atoms with Gasteiger partial charge >= 0.3 is 0 Å². The zero-order valence-electron chi connectivity index (χ0n) is 10.7. The Hall–Kier alpha value is -2.74. The Balaban J connectivity index is 2.26. The number of anilines is 1. The summed E-state index contributed by atoms with van der Waals surface area (Å²) in [6.45, 7) is 0. The molecule has 2 rings (SSSR count). The fraction of sp³-hybridized carbons (Fsp3) is 0.0833. The van der Waals surface area contributed by atoms with E-state index in [1.807, 2.05) is 0 Å². The molecular weight excluding hydrogens is 300 g/mol. The number of carbonyl (C=O) groups excluding carboxylic acids is 1. The largest absolute Gasteiger partial charge is 0.496 e. The lowest BCUT2D eigenvalue weighted by atomic mass is 10.1. The molecule has 8 nitrogen and oxygen atoms in total. The van der Waals surface area contributed by atoms with Gasteiger partial charge in [0.15, 0.2) is 5.82 Å². The van der Waals surface area contributed by atoms with Crippen molar-refractivity contribution in [1.82, 2.24) is 9.97 Å². The first-order chi connectivity index (χ1) is 10.0. The number of hydrogen-bond donors (Lipinski definition) is 1. The molecule has 1 aromatic heterocycles. The molecule has 0 spiro atoms. The summed E-state index contributed by atoms with van der Waals surface area (Å²) in [6, 6.07) is 3.68. The van der Waals surface area contributed by atoms with Crippen molar-refractivity contribution in [2.75, 3.05) is 12.4 Å². The number of amides is 1. The van der Waals surface area contributed by atoms with E-state index in [9.17, 15) is 14.9 Å². The van der Waals surface area contributed by atoms with Crippen LogP contribution in [-0.2, 0) is 0 Å². The molecule has 9 heteroatoms. The first-order valence-corrected chi connectivity index (χ1v) is 6.00. The summed E-state index contributed by atoms with van der Waals surface area (Å²) in [5.41, 5.74) is -0.0328. The van der Waals surface area contributed by atoms with Gasteiger partial charge in [-0.25, -0.2) is 9.97 Å². The molecule has 0 aliphatic carbocycles. The minimum Gasteiger partial charge on any atom is -0.496 e. The van der Waals surface area contributed by atoms with Crippen LogP contribution in [0.15, 0.2) is 30.6 Å². The number of non-ortho nitro benzene ring substituents is 1. The van der Waals surface area contributed by atoms with Crippen LogP contribution in [0.4, 0.5) is 11.5 Å². The molecule has 0 radical (unpaired) electrons. The van der Waals surface area contributed by atoms with Crippen LogP contribution < -0.4 is 10.1 Å². The number of nitrogens with one attached hydrogen (secondary N) is 1. The molecule has 0 saturated heterocycles. The van der Waals surface area contributed by atoms with Crippen LogP contribution >= 0.6 is 11.6 Å². The minimum atomic E-state index is -0.575. The van der Waals surface area contributed by atoms with Gasteiger partial charge < -0.3 is 10.1 Å². The van der Waals surface area contributed by atoms with E-state index in [2.05, 4.69) is 15.3 Å². The number of rotatable bonds is 4. The van der Waals surface area contributed by atoms with Crippen molar-refractivity contribution in [2.45, 2.75) is 0 Å². The Kier molecular flexibility index (Phi) is 4.29. The van der Waals surface area contributed by atoms with E-state index in [1.165, 1.54) is 37.7 Å². The van der Waals surface area contributed by atoms with Gasteiger partial charge in [0.25, 0.3) is 11.6 Å². The number of nitro groups is 1. The number of methoxy groups -OCH3 is 1. The molecule has 1 amide bonds. The smallest absolute Gasteiger partial charge is 0.273 e. The molecule has 0 aliphatic heterocycles. The Morgan fingerprint density at radius 2 is 2.14 bits per heavy atom. The fourth-order valence-electron chi connectivity index (χ4n) is 1.54. The molecule has 0 fully saturated rings. The second kappa shape index (κ2) is 6.14. The highest BCUT2D eigenvalue weighted by atomic mass is 35.5. The van der Waals surface area contributed by atoms with E-state index < -0.39 is 10.8 Å². The zero-order valence-corrected chi connectivity index (χ0v) is 11.5. The Labute approximate surface area is 123 Å². The summed E-state index contributed by atoms with van der Waals surface area (Å²) >= 11 is 5.59. The molecule has 0 saturated carbocycles. The number of halogens is 1. The number of nitrogens with zero attached hydrogens (tertiary/aromatic N) is 3. The van der Waals surface area contributed by atoms with Crippen LogP contribution in [0.3, 0.4) is 0 Å². The first-order valence-electron chi connectivity index (χ1n) is 5.62. The van der Waals surface area contributed by atoms with Gasteiger partial charge in [-0.05, 0) is 6.07 Å². The van der Waals surface area contributed by atoms with Gasteiger partial charge in [0.05, 0.1) is 36.1 Å². The monoisotopic (exact) mass is 308 g/mol. The Morgan fingerprint density at radius 3 is 2.71 bits per heavy atom. The van der Waals surface area contributed by atoms with Crippen LogP contribution in [0.25, 0.3) is 0 Å². The third-order valence-corrected chi connectivity index (χ3v) is 2.70. The second-order valence-electron chi connectivity index (χ2n) is 3.82. The highest BCUT2D eigenvalue weighted by Gasteiger charge is 2.17. The lowest BCUT2D eigenvalue weighted by Gasteiger charge is -2.08. The molecule has 1 N–H and O–H groups in total. The van der Waals surface area contributed by atoms with Crippen LogP contribution in [0.1, 0.15) is 10.4 Å². The first kappa shape index (κ1) is 14.7. The molecule has 1 heterocycles. The topological polar surface area (TPSA) is 107 Å². The molecule has 0 bridgehead atoms. The molecular formula is C12H9ClN4O4. The van der Waals surface area contributed by atoms with Crippen LogP contribution in [0.2, 0.25) is 5.15 Å².